The van der Waals surface area contributed by atoms with E-state index in [-0.39, 0.29) is 24.0 Å². The maximum absolute atomic E-state index is 10.9. The fourth-order valence-electron chi connectivity index (χ4n) is 1.95. The minimum atomic E-state index is -0.420. The Morgan fingerprint density at radius 3 is 2.40 bits per heavy atom. The van der Waals surface area contributed by atoms with Gasteiger partial charge in [0, 0.05) is 12.1 Å². The summed E-state index contributed by atoms with van der Waals surface area (Å²) < 4.78 is 0. The molecule has 0 aromatic heterocycles. The highest BCUT2D eigenvalue weighted by atomic mass is 127. The first-order valence-electron chi connectivity index (χ1n) is 6.57. The first kappa shape index (κ1) is 16.7. The van der Waals surface area contributed by atoms with E-state index in [1.165, 1.54) is 19.3 Å². The van der Waals surface area contributed by atoms with Crippen molar-refractivity contribution in [3.63, 3.8) is 0 Å². The van der Waals surface area contributed by atoms with Crippen molar-refractivity contribution in [2.24, 2.45) is 22.4 Å². The standard InChI is InChI=1S/C14H20N4O.HI/c15-13(19)12-6-4-11(5-7-12)9-18-14(16)17-8-10-2-1-3-10;/h4-7,10H,1-3,8-9H2,(H2,15,19)(H3,16,17,18);1H. The molecule has 1 fully saturated rings. The van der Waals surface area contributed by atoms with Crippen LogP contribution in [0.2, 0.25) is 0 Å². The second-order valence-corrected chi connectivity index (χ2v) is 4.94. The molecule has 1 aromatic rings. The van der Waals surface area contributed by atoms with Gasteiger partial charge in [-0.1, -0.05) is 18.6 Å². The fraction of sp³-hybridized carbons (Fsp3) is 0.429. The number of nitrogens with zero attached hydrogens (tertiary/aromatic N) is 1. The zero-order chi connectivity index (χ0) is 13.7. The van der Waals surface area contributed by atoms with Gasteiger partial charge in [-0.25, -0.2) is 4.99 Å². The number of amides is 1. The summed E-state index contributed by atoms with van der Waals surface area (Å²) in [4.78, 5) is 15.2. The van der Waals surface area contributed by atoms with Gasteiger partial charge in [-0.05, 0) is 36.5 Å². The minimum Gasteiger partial charge on any atom is -0.370 e. The number of carbonyl (C=O) groups excluding carboxylic acids is 1. The number of nitrogens with two attached hydrogens (primary N) is 2. The molecule has 110 valence electrons. The van der Waals surface area contributed by atoms with Gasteiger partial charge in [0.1, 0.15) is 0 Å². The topological polar surface area (TPSA) is 93.5 Å². The quantitative estimate of drug-likeness (QED) is 0.407. The molecular formula is C14H21IN4O. The lowest BCUT2D eigenvalue weighted by atomic mass is 9.85. The maximum Gasteiger partial charge on any atom is 0.248 e. The molecule has 1 saturated carbocycles. The summed E-state index contributed by atoms with van der Waals surface area (Å²) in [5, 5.41) is 3.14. The van der Waals surface area contributed by atoms with Gasteiger partial charge < -0.3 is 16.8 Å². The molecule has 0 aliphatic heterocycles. The van der Waals surface area contributed by atoms with Crippen LogP contribution in [-0.2, 0) is 6.54 Å². The van der Waals surface area contributed by atoms with Crippen LogP contribution < -0.4 is 16.8 Å². The first-order valence-corrected chi connectivity index (χ1v) is 6.57. The number of nitrogens with one attached hydrogen (secondary N) is 1. The molecule has 1 aromatic carbocycles. The van der Waals surface area contributed by atoms with E-state index >= 15 is 0 Å². The van der Waals surface area contributed by atoms with E-state index in [2.05, 4.69) is 10.3 Å². The lowest BCUT2D eigenvalue weighted by Crippen LogP contribution is -2.37. The number of aliphatic imine (C=N–C) groups is 1. The predicted octanol–water partition coefficient (Wildman–Crippen LogP) is 1.61. The SMILES string of the molecule is I.NC(=O)c1ccc(CN=C(N)NCC2CCC2)cc1. The van der Waals surface area contributed by atoms with Gasteiger partial charge in [-0.15, -0.1) is 24.0 Å². The highest BCUT2D eigenvalue weighted by molar-refractivity contribution is 14.0. The van der Waals surface area contributed by atoms with Gasteiger partial charge >= 0.3 is 0 Å². The van der Waals surface area contributed by atoms with Crippen LogP contribution in [0.4, 0.5) is 0 Å². The van der Waals surface area contributed by atoms with Crippen molar-refractivity contribution in [3.05, 3.63) is 35.4 Å². The summed E-state index contributed by atoms with van der Waals surface area (Å²) in [6.07, 6.45) is 3.90. The van der Waals surface area contributed by atoms with Gasteiger partial charge in [-0.2, -0.15) is 0 Å². The normalized spacial score (nSPS) is 15.1. The zero-order valence-electron chi connectivity index (χ0n) is 11.3. The Morgan fingerprint density at radius 1 is 1.25 bits per heavy atom. The molecule has 5 N–H and O–H groups in total. The number of hydrogen-bond acceptors (Lipinski definition) is 2. The number of primary amides is 1. The number of guanidine groups is 1. The van der Waals surface area contributed by atoms with Crippen molar-refractivity contribution in [3.8, 4) is 0 Å². The first-order chi connectivity index (χ1) is 9.15. The molecule has 6 heteroatoms. The molecular weight excluding hydrogens is 367 g/mol. The summed E-state index contributed by atoms with van der Waals surface area (Å²) in [6.45, 7) is 1.42. The Morgan fingerprint density at radius 2 is 1.90 bits per heavy atom. The molecule has 1 aliphatic rings. The molecule has 0 heterocycles. The van der Waals surface area contributed by atoms with Crippen LogP contribution in [0.15, 0.2) is 29.3 Å². The summed E-state index contributed by atoms with van der Waals surface area (Å²) in [5.74, 6) is 0.811. The molecule has 0 bridgehead atoms. The predicted molar refractivity (Wildman–Crippen MR) is 91.0 cm³/mol. The number of hydrogen-bond donors (Lipinski definition) is 3. The average Bonchev–Trinajstić information content (AvgIpc) is 2.35. The Hall–Kier alpha value is -1.31. The molecule has 0 spiro atoms. The van der Waals surface area contributed by atoms with Gasteiger partial charge in [0.25, 0.3) is 0 Å². The molecule has 2 rings (SSSR count). The van der Waals surface area contributed by atoms with Gasteiger partial charge in [0.05, 0.1) is 6.54 Å². The molecule has 0 atom stereocenters. The molecule has 0 saturated heterocycles. The van der Waals surface area contributed by atoms with Crippen molar-refractivity contribution in [1.29, 1.82) is 0 Å². The Bertz CT molecular complexity index is 469. The Balaban J connectivity index is 0.00000200. The van der Waals surface area contributed by atoms with Crippen molar-refractivity contribution >= 4 is 35.8 Å². The summed E-state index contributed by atoms with van der Waals surface area (Å²) in [6, 6.07) is 7.07. The molecule has 20 heavy (non-hydrogen) atoms. The van der Waals surface area contributed by atoms with E-state index in [0.717, 1.165) is 18.0 Å². The third-order valence-corrected chi connectivity index (χ3v) is 3.47. The van der Waals surface area contributed by atoms with Gasteiger partial charge in [-0.3, -0.25) is 4.79 Å². The third kappa shape index (κ3) is 4.99. The Labute approximate surface area is 136 Å². The molecule has 5 nitrogen and oxygen atoms in total. The molecule has 1 aliphatic carbocycles. The van der Waals surface area contributed by atoms with Crippen LogP contribution in [0.5, 0.6) is 0 Å². The number of benzene rings is 1. The van der Waals surface area contributed by atoms with E-state index in [4.69, 9.17) is 11.5 Å². The Kier molecular flexibility index (Phi) is 6.77. The van der Waals surface area contributed by atoms with Crippen molar-refractivity contribution < 1.29 is 4.79 Å². The number of carbonyl (C=O) groups is 1. The largest absolute Gasteiger partial charge is 0.370 e. The van der Waals surface area contributed by atoms with E-state index in [0.29, 0.717) is 18.1 Å². The van der Waals surface area contributed by atoms with Crippen LogP contribution >= 0.6 is 24.0 Å². The van der Waals surface area contributed by atoms with E-state index in [1.54, 1.807) is 12.1 Å². The van der Waals surface area contributed by atoms with Crippen LogP contribution in [0.25, 0.3) is 0 Å². The van der Waals surface area contributed by atoms with Crippen molar-refractivity contribution in [1.82, 2.24) is 5.32 Å². The monoisotopic (exact) mass is 388 g/mol. The fourth-order valence-corrected chi connectivity index (χ4v) is 1.95. The highest BCUT2D eigenvalue weighted by Crippen LogP contribution is 2.24. The summed E-state index contributed by atoms with van der Waals surface area (Å²) in [5.41, 5.74) is 12.5. The summed E-state index contributed by atoms with van der Waals surface area (Å²) in [7, 11) is 0. The third-order valence-electron chi connectivity index (χ3n) is 3.47. The lowest BCUT2D eigenvalue weighted by Gasteiger charge is -2.25. The van der Waals surface area contributed by atoms with Crippen LogP contribution in [-0.4, -0.2) is 18.4 Å². The smallest absolute Gasteiger partial charge is 0.248 e. The van der Waals surface area contributed by atoms with Crippen LogP contribution in [0.3, 0.4) is 0 Å². The van der Waals surface area contributed by atoms with E-state index in [9.17, 15) is 4.79 Å². The van der Waals surface area contributed by atoms with Crippen LogP contribution in [0, 0.1) is 5.92 Å². The highest BCUT2D eigenvalue weighted by Gasteiger charge is 2.16. The van der Waals surface area contributed by atoms with Crippen molar-refractivity contribution in [2.45, 2.75) is 25.8 Å². The van der Waals surface area contributed by atoms with Gasteiger partial charge in [0.2, 0.25) is 5.91 Å². The van der Waals surface area contributed by atoms with E-state index < -0.39 is 5.91 Å². The van der Waals surface area contributed by atoms with Gasteiger partial charge in [0.15, 0.2) is 5.96 Å². The van der Waals surface area contributed by atoms with Crippen LogP contribution in [0.1, 0.15) is 35.2 Å². The van der Waals surface area contributed by atoms with E-state index in [1.807, 2.05) is 12.1 Å². The molecule has 0 radical (unpaired) electrons. The zero-order valence-corrected chi connectivity index (χ0v) is 13.7. The molecule has 1 amide bonds. The maximum atomic E-state index is 10.9. The molecule has 0 unspecified atom stereocenters. The minimum absolute atomic E-state index is 0. The summed E-state index contributed by atoms with van der Waals surface area (Å²) >= 11 is 0. The second-order valence-electron chi connectivity index (χ2n) is 4.94. The lowest BCUT2D eigenvalue weighted by molar-refractivity contribution is 0.100. The van der Waals surface area contributed by atoms with Crippen molar-refractivity contribution in [2.75, 3.05) is 6.54 Å². The average molecular weight is 388 g/mol. The second kappa shape index (κ2) is 8.08. The number of rotatable bonds is 5. The number of halogens is 1.